The summed E-state index contributed by atoms with van der Waals surface area (Å²) in [4.78, 5) is 25.6. The molecule has 0 saturated carbocycles. The molecule has 112 valence electrons. The average Bonchev–Trinajstić information content (AvgIpc) is 2.48. The number of carboxylic acids is 1. The van der Waals surface area contributed by atoms with Gasteiger partial charge in [0.15, 0.2) is 5.54 Å². The molecule has 0 fully saturated rings. The molecule has 1 aromatic rings. The number of nitrogens with zero attached hydrogens (tertiary/aromatic N) is 1. The zero-order valence-electron chi connectivity index (χ0n) is 12.3. The molecule has 5 nitrogen and oxygen atoms in total. The second kappa shape index (κ2) is 5.99. The van der Waals surface area contributed by atoms with Crippen LogP contribution in [0, 0.1) is 0 Å². The molecule has 0 aromatic heterocycles. The molecule has 1 unspecified atom stereocenters. The summed E-state index contributed by atoms with van der Waals surface area (Å²) in [6.45, 7) is 4.66. The number of amides is 2. The van der Waals surface area contributed by atoms with Crippen molar-refractivity contribution in [2.75, 3.05) is 13.1 Å². The molecule has 0 radical (unpaired) electrons. The van der Waals surface area contributed by atoms with Crippen LogP contribution < -0.4 is 5.32 Å². The summed E-state index contributed by atoms with van der Waals surface area (Å²) < 4.78 is 0. The van der Waals surface area contributed by atoms with Crippen LogP contribution >= 0.6 is 0 Å². The fourth-order valence-electron chi connectivity index (χ4n) is 2.27. The Morgan fingerprint density at radius 2 is 1.95 bits per heavy atom. The molecule has 21 heavy (non-hydrogen) atoms. The first-order valence-corrected chi connectivity index (χ1v) is 6.95. The van der Waals surface area contributed by atoms with E-state index in [4.69, 9.17) is 0 Å². The van der Waals surface area contributed by atoms with Crippen LogP contribution in [0.15, 0.2) is 42.0 Å². The molecule has 0 aliphatic carbocycles. The maximum atomic E-state index is 12.3. The van der Waals surface area contributed by atoms with Crippen molar-refractivity contribution in [3.63, 3.8) is 0 Å². The SMILES string of the molecule is CC1=CCN(C(=O)NC(C)(C(=O)O)c2ccccc2)CC1. The summed E-state index contributed by atoms with van der Waals surface area (Å²) in [6.07, 6.45) is 2.81. The van der Waals surface area contributed by atoms with Gasteiger partial charge in [-0.05, 0) is 25.8 Å². The Kier molecular flexibility index (Phi) is 4.31. The molecule has 2 rings (SSSR count). The van der Waals surface area contributed by atoms with Crippen LogP contribution in [0.25, 0.3) is 0 Å². The van der Waals surface area contributed by atoms with Gasteiger partial charge in [-0.25, -0.2) is 9.59 Å². The number of nitrogens with one attached hydrogen (secondary N) is 1. The Hall–Kier alpha value is -2.30. The van der Waals surface area contributed by atoms with E-state index in [9.17, 15) is 14.7 Å². The van der Waals surface area contributed by atoms with Gasteiger partial charge in [0.05, 0.1) is 0 Å². The van der Waals surface area contributed by atoms with Gasteiger partial charge in [0.25, 0.3) is 0 Å². The second-order valence-corrected chi connectivity index (χ2v) is 5.47. The highest BCUT2D eigenvalue weighted by atomic mass is 16.4. The van der Waals surface area contributed by atoms with E-state index in [-0.39, 0.29) is 6.03 Å². The zero-order valence-corrected chi connectivity index (χ0v) is 12.3. The standard InChI is InChI=1S/C16H20N2O3/c1-12-8-10-18(11-9-12)15(21)17-16(2,14(19)20)13-6-4-3-5-7-13/h3-8H,9-11H2,1-2H3,(H,17,21)(H,19,20). The van der Waals surface area contributed by atoms with E-state index in [1.54, 1.807) is 29.2 Å². The van der Waals surface area contributed by atoms with Gasteiger partial charge in [-0.3, -0.25) is 0 Å². The van der Waals surface area contributed by atoms with E-state index in [0.29, 0.717) is 18.7 Å². The topological polar surface area (TPSA) is 69.6 Å². The van der Waals surface area contributed by atoms with E-state index in [0.717, 1.165) is 6.42 Å². The summed E-state index contributed by atoms with van der Waals surface area (Å²) >= 11 is 0. The largest absolute Gasteiger partial charge is 0.479 e. The van der Waals surface area contributed by atoms with E-state index < -0.39 is 11.5 Å². The normalized spacial score (nSPS) is 17.6. The summed E-state index contributed by atoms with van der Waals surface area (Å²) in [5.74, 6) is -1.08. The highest BCUT2D eigenvalue weighted by molar-refractivity contribution is 5.87. The number of benzene rings is 1. The average molecular weight is 288 g/mol. The van der Waals surface area contributed by atoms with Crippen LogP contribution in [0.2, 0.25) is 0 Å². The van der Waals surface area contributed by atoms with Gasteiger partial charge >= 0.3 is 12.0 Å². The number of aliphatic carboxylic acids is 1. The van der Waals surface area contributed by atoms with Gasteiger partial charge in [-0.15, -0.1) is 0 Å². The number of hydrogen-bond donors (Lipinski definition) is 2. The van der Waals surface area contributed by atoms with Gasteiger partial charge < -0.3 is 15.3 Å². The third-order valence-corrected chi connectivity index (χ3v) is 3.86. The first-order valence-electron chi connectivity index (χ1n) is 6.95. The molecule has 0 bridgehead atoms. The van der Waals surface area contributed by atoms with Crippen molar-refractivity contribution in [3.8, 4) is 0 Å². The Labute approximate surface area is 124 Å². The molecule has 1 heterocycles. The molecule has 1 aliphatic heterocycles. The van der Waals surface area contributed by atoms with E-state index in [1.165, 1.54) is 12.5 Å². The van der Waals surface area contributed by atoms with Crippen LogP contribution in [-0.4, -0.2) is 35.1 Å². The highest BCUT2D eigenvalue weighted by Gasteiger charge is 2.38. The van der Waals surface area contributed by atoms with Gasteiger partial charge in [0.1, 0.15) is 0 Å². The number of rotatable bonds is 3. The molecule has 5 heteroatoms. The molecule has 0 saturated heterocycles. The van der Waals surface area contributed by atoms with Gasteiger partial charge in [-0.1, -0.05) is 42.0 Å². The van der Waals surface area contributed by atoms with E-state index in [1.807, 2.05) is 19.1 Å². The van der Waals surface area contributed by atoms with Crippen molar-refractivity contribution in [1.82, 2.24) is 10.2 Å². The van der Waals surface area contributed by atoms with Crippen molar-refractivity contribution in [2.24, 2.45) is 0 Å². The lowest BCUT2D eigenvalue weighted by atomic mass is 9.92. The zero-order chi connectivity index (χ0) is 15.5. The predicted molar refractivity (Wildman–Crippen MR) is 79.9 cm³/mol. The Morgan fingerprint density at radius 1 is 1.29 bits per heavy atom. The van der Waals surface area contributed by atoms with Crippen LogP contribution in [-0.2, 0) is 10.3 Å². The van der Waals surface area contributed by atoms with Crippen molar-refractivity contribution in [2.45, 2.75) is 25.8 Å². The minimum Gasteiger partial charge on any atom is -0.479 e. The first kappa shape index (κ1) is 15.1. The lowest BCUT2D eigenvalue weighted by Crippen LogP contribution is -2.54. The number of carboxylic acid groups (broad SMARTS) is 1. The molecule has 1 aromatic carbocycles. The lowest BCUT2D eigenvalue weighted by Gasteiger charge is -2.32. The summed E-state index contributed by atoms with van der Waals surface area (Å²) in [5.41, 5.74) is 0.367. The molecule has 2 amide bonds. The van der Waals surface area contributed by atoms with Gasteiger partial charge in [-0.2, -0.15) is 0 Å². The third kappa shape index (κ3) is 3.24. The van der Waals surface area contributed by atoms with Crippen molar-refractivity contribution >= 4 is 12.0 Å². The monoisotopic (exact) mass is 288 g/mol. The maximum Gasteiger partial charge on any atom is 0.333 e. The third-order valence-electron chi connectivity index (χ3n) is 3.86. The Balaban J connectivity index is 2.17. The van der Waals surface area contributed by atoms with Crippen molar-refractivity contribution in [1.29, 1.82) is 0 Å². The fourth-order valence-corrected chi connectivity index (χ4v) is 2.27. The summed E-state index contributed by atoms with van der Waals surface area (Å²) in [5, 5.41) is 12.2. The predicted octanol–water partition coefficient (Wildman–Crippen LogP) is 2.35. The van der Waals surface area contributed by atoms with E-state index in [2.05, 4.69) is 5.32 Å². The molecule has 0 spiro atoms. The molecule has 1 aliphatic rings. The van der Waals surface area contributed by atoms with Crippen LogP contribution in [0.5, 0.6) is 0 Å². The summed E-state index contributed by atoms with van der Waals surface area (Å²) in [6, 6.07) is 8.38. The fraction of sp³-hybridized carbons (Fsp3) is 0.375. The van der Waals surface area contributed by atoms with E-state index >= 15 is 0 Å². The van der Waals surface area contributed by atoms with Gasteiger partial charge in [0.2, 0.25) is 0 Å². The maximum absolute atomic E-state index is 12.3. The van der Waals surface area contributed by atoms with Crippen molar-refractivity contribution in [3.05, 3.63) is 47.5 Å². The lowest BCUT2D eigenvalue weighted by molar-refractivity contribution is -0.144. The molecule has 1 atom stereocenters. The minimum absolute atomic E-state index is 0.354. The quantitative estimate of drug-likeness (QED) is 0.839. The molecular formula is C16H20N2O3. The van der Waals surface area contributed by atoms with Crippen LogP contribution in [0.1, 0.15) is 25.8 Å². The number of carbonyl (C=O) groups excluding carboxylic acids is 1. The number of hydrogen-bond acceptors (Lipinski definition) is 2. The molecule has 2 N–H and O–H groups in total. The Morgan fingerprint density at radius 3 is 2.48 bits per heavy atom. The minimum atomic E-state index is -1.44. The Bertz CT molecular complexity index is 568. The second-order valence-electron chi connectivity index (χ2n) is 5.47. The molecular weight excluding hydrogens is 268 g/mol. The summed E-state index contributed by atoms with van der Waals surface area (Å²) in [7, 11) is 0. The van der Waals surface area contributed by atoms with Crippen molar-refractivity contribution < 1.29 is 14.7 Å². The van der Waals surface area contributed by atoms with Crippen LogP contribution in [0.3, 0.4) is 0 Å². The van der Waals surface area contributed by atoms with Crippen LogP contribution in [0.4, 0.5) is 4.79 Å². The number of urea groups is 1. The first-order chi connectivity index (χ1) is 9.93. The highest BCUT2D eigenvalue weighted by Crippen LogP contribution is 2.22. The smallest absolute Gasteiger partial charge is 0.333 e. The number of carbonyl (C=O) groups is 2. The van der Waals surface area contributed by atoms with Gasteiger partial charge in [0, 0.05) is 13.1 Å².